The van der Waals surface area contributed by atoms with Gasteiger partial charge >= 0.3 is 0 Å². The van der Waals surface area contributed by atoms with Gasteiger partial charge < -0.3 is 14.2 Å². The molecule has 6 rings (SSSR count). The molecule has 2 aliphatic heterocycles. The Kier molecular flexibility index (Phi) is 4.80. The van der Waals surface area contributed by atoms with E-state index in [0.717, 1.165) is 29.6 Å². The number of likely N-dealkylation sites (tertiary alicyclic amines) is 1. The van der Waals surface area contributed by atoms with E-state index >= 15 is 0 Å². The molecular formula is C25H22ClN5O2. The number of amides is 1. The first-order chi connectivity index (χ1) is 16.1. The number of hydrogen-bond acceptors (Lipinski definition) is 6. The molecule has 4 heterocycles. The second-order valence-electron chi connectivity index (χ2n) is 8.75. The van der Waals surface area contributed by atoms with Crippen LogP contribution in [0.2, 0.25) is 5.02 Å². The standard InChI is InChI=1S/C25H22ClN5O2/c1-15-3-2-4-16(11-15)22-23(28-9-8-27-22)24(32)30-10-7-17-13-31(20(17)14-30)25-29-19-12-18(26)5-6-21(19)33-25/h2-6,8-9,11-12,17,20H,7,10,13-14H2,1H3/t17-,20-/m0/s1. The number of rotatable bonds is 3. The summed E-state index contributed by atoms with van der Waals surface area (Å²) in [7, 11) is 0. The molecule has 0 saturated carbocycles. The van der Waals surface area contributed by atoms with E-state index in [1.165, 1.54) is 0 Å². The smallest absolute Gasteiger partial charge is 0.298 e. The van der Waals surface area contributed by atoms with E-state index in [0.29, 0.717) is 47.0 Å². The maximum absolute atomic E-state index is 13.5. The van der Waals surface area contributed by atoms with Crippen molar-refractivity contribution in [3.63, 3.8) is 0 Å². The highest BCUT2D eigenvalue weighted by atomic mass is 35.5. The molecule has 2 aliphatic rings. The van der Waals surface area contributed by atoms with Crippen molar-refractivity contribution in [2.75, 3.05) is 24.5 Å². The van der Waals surface area contributed by atoms with Crippen molar-refractivity contribution in [1.82, 2.24) is 19.9 Å². The molecule has 166 valence electrons. The fourth-order valence-electron chi connectivity index (χ4n) is 4.86. The predicted octanol–water partition coefficient (Wildman–Crippen LogP) is 4.60. The van der Waals surface area contributed by atoms with E-state index in [-0.39, 0.29) is 11.9 Å². The number of piperidine rings is 1. The van der Waals surface area contributed by atoms with Crippen LogP contribution < -0.4 is 4.90 Å². The molecule has 0 unspecified atom stereocenters. The monoisotopic (exact) mass is 459 g/mol. The average Bonchev–Trinajstić information content (AvgIpc) is 3.21. The topological polar surface area (TPSA) is 75.4 Å². The van der Waals surface area contributed by atoms with Gasteiger partial charge in [0.15, 0.2) is 11.3 Å². The Morgan fingerprint density at radius 2 is 2.00 bits per heavy atom. The zero-order valence-electron chi connectivity index (χ0n) is 18.1. The van der Waals surface area contributed by atoms with Crippen molar-refractivity contribution >= 4 is 34.6 Å². The normalized spacial score (nSPS) is 19.9. The van der Waals surface area contributed by atoms with Crippen LogP contribution >= 0.6 is 11.6 Å². The van der Waals surface area contributed by atoms with Gasteiger partial charge in [-0.15, -0.1) is 0 Å². The molecule has 7 nitrogen and oxygen atoms in total. The van der Waals surface area contributed by atoms with Crippen LogP contribution in [0.1, 0.15) is 22.5 Å². The molecule has 0 bridgehead atoms. The number of aromatic nitrogens is 3. The van der Waals surface area contributed by atoms with Crippen LogP contribution in [0.25, 0.3) is 22.4 Å². The summed E-state index contributed by atoms with van der Waals surface area (Å²) < 4.78 is 5.97. The third kappa shape index (κ3) is 3.53. The highest BCUT2D eigenvalue weighted by molar-refractivity contribution is 6.31. The number of halogens is 1. The average molecular weight is 460 g/mol. The number of nitrogens with zero attached hydrogens (tertiary/aromatic N) is 5. The number of oxazole rings is 1. The lowest BCUT2D eigenvalue weighted by atomic mass is 9.82. The van der Waals surface area contributed by atoms with Crippen molar-refractivity contribution in [3.05, 3.63) is 71.1 Å². The lowest BCUT2D eigenvalue weighted by Crippen LogP contribution is -2.65. The van der Waals surface area contributed by atoms with Gasteiger partial charge in [0.2, 0.25) is 0 Å². The van der Waals surface area contributed by atoms with Crippen molar-refractivity contribution in [1.29, 1.82) is 0 Å². The first-order valence-electron chi connectivity index (χ1n) is 11.1. The van der Waals surface area contributed by atoms with Crippen molar-refractivity contribution < 1.29 is 9.21 Å². The zero-order valence-corrected chi connectivity index (χ0v) is 18.9. The van der Waals surface area contributed by atoms with Crippen molar-refractivity contribution in [3.8, 4) is 11.3 Å². The number of anilines is 1. The molecule has 2 aromatic heterocycles. The van der Waals surface area contributed by atoms with E-state index in [4.69, 9.17) is 16.0 Å². The molecule has 2 fully saturated rings. The number of carbonyl (C=O) groups is 1. The van der Waals surface area contributed by atoms with Crippen LogP contribution in [-0.4, -0.2) is 51.4 Å². The van der Waals surface area contributed by atoms with Crippen LogP contribution in [0.3, 0.4) is 0 Å². The Morgan fingerprint density at radius 3 is 2.88 bits per heavy atom. The summed E-state index contributed by atoms with van der Waals surface area (Å²) in [5, 5.41) is 0.631. The molecule has 2 saturated heterocycles. The number of fused-ring (bicyclic) bond motifs is 2. The van der Waals surface area contributed by atoms with Crippen LogP contribution in [0.4, 0.5) is 6.01 Å². The SMILES string of the molecule is Cc1cccc(-c2nccnc2C(=O)N2CC[C@H]3CN(c4nc5cc(Cl)ccc5o4)[C@H]3C2)c1. The molecule has 1 amide bonds. The van der Waals surface area contributed by atoms with E-state index < -0.39 is 0 Å². The van der Waals surface area contributed by atoms with Gasteiger partial charge in [0, 0.05) is 48.5 Å². The van der Waals surface area contributed by atoms with E-state index in [9.17, 15) is 4.79 Å². The lowest BCUT2D eigenvalue weighted by Gasteiger charge is -2.52. The lowest BCUT2D eigenvalue weighted by molar-refractivity contribution is 0.0578. The third-order valence-electron chi connectivity index (χ3n) is 6.62. The van der Waals surface area contributed by atoms with Crippen molar-refractivity contribution in [2.24, 2.45) is 5.92 Å². The minimum atomic E-state index is -0.0887. The molecule has 8 heteroatoms. The molecule has 0 spiro atoms. The van der Waals surface area contributed by atoms with Gasteiger partial charge in [-0.1, -0.05) is 35.4 Å². The number of hydrogen-bond donors (Lipinski definition) is 0. The molecule has 2 atom stereocenters. The maximum Gasteiger partial charge on any atom is 0.298 e. The second kappa shape index (κ2) is 7.85. The fraction of sp³-hybridized carbons (Fsp3) is 0.280. The zero-order chi connectivity index (χ0) is 22.5. The van der Waals surface area contributed by atoms with Gasteiger partial charge in [0.05, 0.1) is 6.04 Å². The third-order valence-corrected chi connectivity index (χ3v) is 6.85. The summed E-state index contributed by atoms with van der Waals surface area (Å²) in [5.41, 5.74) is 4.48. The highest BCUT2D eigenvalue weighted by Gasteiger charge is 2.46. The van der Waals surface area contributed by atoms with E-state index in [1.807, 2.05) is 42.2 Å². The summed E-state index contributed by atoms with van der Waals surface area (Å²) in [6, 6.07) is 14.2. The summed E-state index contributed by atoms with van der Waals surface area (Å²) in [5.74, 6) is 0.431. The number of aryl methyl sites for hydroxylation is 1. The quantitative estimate of drug-likeness (QED) is 0.445. The summed E-state index contributed by atoms with van der Waals surface area (Å²) in [6.07, 6.45) is 4.16. The van der Waals surface area contributed by atoms with Crippen LogP contribution in [0.5, 0.6) is 0 Å². The van der Waals surface area contributed by atoms with Crippen molar-refractivity contribution in [2.45, 2.75) is 19.4 Å². The van der Waals surface area contributed by atoms with Gasteiger partial charge in [-0.3, -0.25) is 9.78 Å². The fourth-order valence-corrected chi connectivity index (χ4v) is 5.03. The van der Waals surface area contributed by atoms with Crippen LogP contribution in [0, 0.1) is 12.8 Å². The van der Waals surface area contributed by atoms with Gasteiger partial charge in [-0.25, -0.2) is 4.98 Å². The molecule has 0 aliphatic carbocycles. The van der Waals surface area contributed by atoms with Crippen LogP contribution in [0.15, 0.2) is 59.3 Å². The Labute approximate surface area is 196 Å². The summed E-state index contributed by atoms with van der Waals surface area (Å²) in [6.45, 7) is 4.22. The van der Waals surface area contributed by atoms with Gasteiger partial charge in [-0.2, -0.15) is 4.98 Å². The minimum absolute atomic E-state index is 0.0887. The Hall–Kier alpha value is -3.45. The van der Waals surface area contributed by atoms with Gasteiger partial charge in [0.25, 0.3) is 11.9 Å². The molecular weight excluding hydrogens is 438 g/mol. The first kappa shape index (κ1) is 20.2. The summed E-state index contributed by atoms with van der Waals surface area (Å²) >= 11 is 6.09. The number of carbonyl (C=O) groups excluding carboxylic acids is 1. The van der Waals surface area contributed by atoms with Gasteiger partial charge in [0.1, 0.15) is 11.2 Å². The molecule has 2 aromatic carbocycles. The van der Waals surface area contributed by atoms with E-state index in [2.05, 4.69) is 19.9 Å². The van der Waals surface area contributed by atoms with E-state index in [1.54, 1.807) is 24.5 Å². The van der Waals surface area contributed by atoms with Gasteiger partial charge in [-0.05, 0) is 37.6 Å². The Balaban J connectivity index is 1.25. The Bertz CT molecular complexity index is 1370. The van der Waals surface area contributed by atoms with Crippen LogP contribution in [-0.2, 0) is 0 Å². The largest absolute Gasteiger partial charge is 0.423 e. The minimum Gasteiger partial charge on any atom is -0.423 e. The maximum atomic E-state index is 13.5. The Morgan fingerprint density at radius 1 is 1.12 bits per heavy atom. The highest BCUT2D eigenvalue weighted by Crippen LogP contribution is 2.38. The molecule has 4 aromatic rings. The number of benzene rings is 2. The predicted molar refractivity (Wildman–Crippen MR) is 126 cm³/mol. The second-order valence-corrected chi connectivity index (χ2v) is 9.19. The molecule has 33 heavy (non-hydrogen) atoms. The molecule has 0 radical (unpaired) electrons. The summed E-state index contributed by atoms with van der Waals surface area (Å²) in [4.78, 5) is 31.1. The first-order valence-corrected chi connectivity index (χ1v) is 11.4. The molecule has 0 N–H and O–H groups in total.